The molecule has 0 saturated heterocycles. The number of benzene rings is 1. The predicted octanol–water partition coefficient (Wildman–Crippen LogP) is 2.51. The molecule has 100 valence electrons. The zero-order valence-electron chi connectivity index (χ0n) is 9.11. The van der Waals surface area contributed by atoms with Gasteiger partial charge in [-0.3, -0.25) is 14.8 Å². The molecular formula is C9H6ClN3O4S2. The second-order valence-electron chi connectivity index (χ2n) is 3.34. The van der Waals surface area contributed by atoms with E-state index >= 15 is 0 Å². The molecule has 7 nitrogen and oxygen atoms in total. The minimum absolute atomic E-state index is 0.0316. The number of hydrogen-bond donors (Lipinski definition) is 1. The summed E-state index contributed by atoms with van der Waals surface area (Å²) in [5.74, 6) is 0. The van der Waals surface area contributed by atoms with Gasteiger partial charge in [0.05, 0.1) is 11.1 Å². The maximum absolute atomic E-state index is 11.9. The lowest BCUT2D eigenvalue weighted by atomic mass is 10.3. The summed E-state index contributed by atoms with van der Waals surface area (Å²) in [6.07, 6.45) is 1.14. The van der Waals surface area contributed by atoms with E-state index in [1.807, 2.05) is 0 Å². The van der Waals surface area contributed by atoms with Crippen molar-refractivity contribution < 1.29 is 13.3 Å². The van der Waals surface area contributed by atoms with E-state index < -0.39 is 14.9 Å². The Morgan fingerprint density at radius 2 is 1.95 bits per heavy atom. The van der Waals surface area contributed by atoms with Gasteiger partial charge in [0.1, 0.15) is 0 Å². The molecule has 0 amide bonds. The Hall–Kier alpha value is -1.71. The molecule has 19 heavy (non-hydrogen) atoms. The van der Waals surface area contributed by atoms with Crippen LogP contribution in [0.3, 0.4) is 0 Å². The van der Waals surface area contributed by atoms with Gasteiger partial charge in [0, 0.05) is 17.8 Å². The first-order valence-electron chi connectivity index (χ1n) is 4.77. The average Bonchev–Trinajstić information content (AvgIpc) is 2.77. The van der Waals surface area contributed by atoms with E-state index in [1.165, 1.54) is 24.3 Å². The number of nitro benzene ring substituents is 1. The molecule has 0 radical (unpaired) electrons. The largest absolute Gasteiger partial charge is 0.279 e. The van der Waals surface area contributed by atoms with Crippen molar-refractivity contribution in [3.63, 3.8) is 0 Å². The lowest BCUT2D eigenvalue weighted by molar-refractivity contribution is -0.384. The summed E-state index contributed by atoms with van der Waals surface area (Å²) in [4.78, 5) is 13.5. The van der Waals surface area contributed by atoms with E-state index in [0.29, 0.717) is 0 Å². The van der Waals surface area contributed by atoms with Crippen molar-refractivity contribution in [1.29, 1.82) is 0 Å². The van der Waals surface area contributed by atoms with Gasteiger partial charge in [-0.2, -0.15) is 0 Å². The van der Waals surface area contributed by atoms with E-state index in [-0.39, 0.29) is 20.1 Å². The predicted molar refractivity (Wildman–Crippen MR) is 71.0 cm³/mol. The molecule has 0 unspecified atom stereocenters. The van der Waals surface area contributed by atoms with Crippen LogP contribution in [0.15, 0.2) is 34.7 Å². The minimum Gasteiger partial charge on any atom is -0.279 e. The topological polar surface area (TPSA) is 102 Å². The third kappa shape index (κ3) is 3.19. The molecule has 0 aliphatic rings. The smallest absolute Gasteiger partial charge is 0.273 e. The molecule has 0 fully saturated rings. The lowest BCUT2D eigenvalue weighted by Gasteiger charge is -2.04. The molecule has 0 saturated carbocycles. The molecular weight excluding hydrogens is 314 g/mol. The molecule has 1 aromatic carbocycles. The third-order valence-corrected chi connectivity index (χ3v) is 5.01. The number of sulfonamides is 1. The number of non-ortho nitro benzene ring substituents is 1. The van der Waals surface area contributed by atoms with Crippen LogP contribution >= 0.6 is 22.9 Å². The van der Waals surface area contributed by atoms with Gasteiger partial charge in [0.2, 0.25) is 0 Å². The standard InChI is InChI=1S/C9H6ClN3O4S2/c10-9-11-5-8(18-9)19(16,17)12-6-1-3-7(4-2-6)13(14)15/h1-5,12H. The highest BCUT2D eigenvalue weighted by atomic mass is 35.5. The van der Waals surface area contributed by atoms with Crippen LogP contribution in [0.5, 0.6) is 0 Å². The monoisotopic (exact) mass is 319 g/mol. The molecule has 2 rings (SSSR count). The van der Waals surface area contributed by atoms with Crippen LogP contribution in [0.25, 0.3) is 0 Å². The van der Waals surface area contributed by atoms with Crippen molar-refractivity contribution in [2.24, 2.45) is 0 Å². The van der Waals surface area contributed by atoms with E-state index in [0.717, 1.165) is 17.5 Å². The molecule has 1 N–H and O–H groups in total. The fourth-order valence-corrected chi connectivity index (χ4v) is 3.57. The van der Waals surface area contributed by atoms with Gasteiger partial charge in [0.25, 0.3) is 15.7 Å². The summed E-state index contributed by atoms with van der Waals surface area (Å²) in [5.41, 5.74) is 0.0962. The van der Waals surface area contributed by atoms with Gasteiger partial charge < -0.3 is 0 Å². The van der Waals surface area contributed by atoms with Crippen molar-refractivity contribution in [2.75, 3.05) is 4.72 Å². The van der Waals surface area contributed by atoms with Crippen LogP contribution in [0.2, 0.25) is 4.47 Å². The van der Waals surface area contributed by atoms with Crippen LogP contribution in [-0.2, 0) is 10.0 Å². The Morgan fingerprint density at radius 3 is 2.42 bits per heavy atom. The molecule has 1 heterocycles. The third-order valence-electron chi connectivity index (χ3n) is 2.05. The number of nitro groups is 1. The van der Waals surface area contributed by atoms with Gasteiger partial charge in [-0.1, -0.05) is 22.9 Å². The number of hydrogen-bond acceptors (Lipinski definition) is 6. The Kier molecular flexibility index (Phi) is 3.69. The van der Waals surface area contributed by atoms with E-state index in [1.54, 1.807) is 0 Å². The summed E-state index contributed by atoms with van der Waals surface area (Å²) < 4.78 is 26.2. The molecule has 0 spiro atoms. The Balaban J connectivity index is 2.23. The molecule has 2 aromatic rings. The second kappa shape index (κ2) is 5.11. The maximum Gasteiger partial charge on any atom is 0.273 e. The number of halogens is 1. The van der Waals surface area contributed by atoms with E-state index in [4.69, 9.17) is 11.6 Å². The number of thiazole rings is 1. The van der Waals surface area contributed by atoms with Gasteiger partial charge in [0.15, 0.2) is 8.68 Å². The fraction of sp³-hybridized carbons (Fsp3) is 0. The summed E-state index contributed by atoms with van der Waals surface area (Å²) in [6, 6.07) is 5.02. The number of anilines is 1. The zero-order chi connectivity index (χ0) is 14.0. The van der Waals surface area contributed by atoms with Gasteiger partial charge in [-0.25, -0.2) is 13.4 Å². The van der Waals surface area contributed by atoms with Crippen LogP contribution in [0.4, 0.5) is 11.4 Å². The highest BCUT2D eigenvalue weighted by Crippen LogP contribution is 2.25. The van der Waals surface area contributed by atoms with Crippen LogP contribution in [-0.4, -0.2) is 18.3 Å². The Labute approximate surface area is 117 Å². The Morgan fingerprint density at radius 1 is 1.32 bits per heavy atom. The van der Waals surface area contributed by atoms with Crippen molar-refractivity contribution in [3.05, 3.63) is 45.0 Å². The van der Waals surface area contributed by atoms with Crippen molar-refractivity contribution in [2.45, 2.75) is 4.21 Å². The lowest BCUT2D eigenvalue weighted by Crippen LogP contribution is -2.11. The van der Waals surface area contributed by atoms with Crippen LogP contribution in [0, 0.1) is 10.1 Å². The summed E-state index contributed by atoms with van der Waals surface area (Å²) >= 11 is 6.38. The van der Waals surface area contributed by atoms with Crippen molar-refractivity contribution in [1.82, 2.24) is 4.98 Å². The van der Waals surface area contributed by atoms with Crippen LogP contribution < -0.4 is 4.72 Å². The normalized spacial score (nSPS) is 11.2. The maximum atomic E-state index is 11.9. The molecule has 10 heteroatoms. The van der Waals surface area contributed by atoms with Crippen molar-refractivity contribution >= 4 is 44.3 Å². The fourth-order valence-electron chi connectivity index (χ4n) is 1.22. The minimum atomic E-state index is -3.77. The van der Waals surface area contributed by atoms with Crippen molar-refractivity contribution in [3.8, 4) is 0 Å². The first-order chi connectivity index (χ1) is 8.88. The van der Waals surface area contributed by atoms with Gasteiger partial charge in [-0.05, 0) is 12.1 Å². The molecule has 0 aliphatic carbocycles. The number of aromatic nitrogens is 1. The van der Waals surface area contributed by atoms with E-state index in [2.05, 4.69) is 9.71 Å². The molecule has 0 bridgehead atoms. The zero-order valence-corrected chi connectivity index (χ0v) is 11.5. The Bertz CT molecular complexity index is 711. The average molecular weight is 320 g/mol. The second-order valence-corrected chi connectivity index (χ2v) is 6.86. The summed E-state index contributed by atoms with van der Waals surface area (Å²) in [6.45, 7) is 0. The SMILES string of the molecule is O=[N+]([O-])c1ccc(NS(=O)(=O)c2cnc(Cl)s2)cc1. The highest BCUT2D eigenvalue weighted by molar-refractivity contribution is 7.94. The number of nitrogens with one attached hydrogen (secondary N) is 1. The highest BCUT2D eigenvalue weighted by Gasteiger charge is 2.18. The number of rotatable bonds is 4. The first-order valence-corrected chi connectivity index (χ1v) is 7.45. The van der Waals surface area contributed by atoms with Gasteiger partial charge in [-0.15, -0.1) is 0 Å². The number of nitrogens with zero attached hydrogens (tertiary/aromatic N) is 2. The van der Waals surface area contributed by atoms with Crippen LogP contribution in [0.1, 0.15) is 0 Å². The van der Waals surface area contributed by atoms with E-state index in [9.17, 15) is 18.5 Å². The summed E-state index contributed by atoms with van der Waals surface area (Å²) in [7, 11) is -3.77. The summed E-state index contributed by atoms with van der Waals surface area (Å²) in [5, 5.41) is 10.5. The molecule has 0 atom stereocenters. The quantitative estimate of drug-likeness (QED) is 0.689. The molecule has 1 aromatic heterocycles. The van der Waals surface area contributed by atoms with Gasteiger partial charge >= 0.3 is 0 Å². The first kappa shape index (κ1) is 13.7. The molecule has 0 aliphatic heterocycles.